The lowest BCUT2D eigenvalue weighted by molar-refractivity contribution is -0.137. The third-order valence-corrected chi connectivity index (χ3v) is 3.66. The second-order valence-corrected chi connectivity index (χ2v) is 5.38. The molecule has 0 saturated heterocycles. The minimum atomic E-state index is -4.47. The van der Waals surface area contributed by atoms with Crippen LogP contribution in [-0.4, -0.2) is 13.0 Å². The van der Waals surface area contributed by atoms with Gasteiger partial charge in [0.25, 0.3) is 5.91 Å². The molecule has 1 heterocycles. The maximum atomic E-state index is 12.6. The van der Waals surface area contributed by atoms with E-state index in [4.69, 9.17) is 9.15 Å². The number of carbonyl (C=O) groups is 1. The van der Waals surface area contributed by atoms with Crippen molar-refractivity contribution in [1.82, 2.24) is 0 Å². The van der Waals surface area contributed by atoms with Crippen molar-refractivity contribution < 1.29 is 27.1 Å². The van der Waals surface area contributed by atoms with Crippen LogP contribution in [0, 0.1) is 0 Å². The lowest BCUT2D eigenvalue weighted by Gasteiger charge is -2.09. The lowest BCUT2D eigenvalue weighted by Crippen LogP contribution is -2.15. The highest BCUT2D eigenvalue weighted by Gasteiger charge is 2.30. The van der Waals surface area contributed by atoms with Crippen molar-refractivity contribution in [2.24, 2.45) is 0 Å². The highest BCUT2D eigenvalue weighted by Crippen LogP contribution is 2.30. The van der Waals surface area contributed by atoms with Gasteiger partial charge in [-0.25, -0.2) is 4.79 Å². The van der Waals surface area contributed by atoms with Crippen LogP contribution in [-0.2, 0) is 6.18 Å². The average Bonchev–Trinajstić information content (AvgIpc) is 2.60. The summed E-state index contributed by atoms with van der Waals surface area (Å²) >= 11 is 0. The highest BCUT2D eigenvalue weighted by molar-refractivity contribution is 6.04. The molecule has 8 heteroatoms. The Balaban J connectivity index is 1.89. The van der Waals surface area contributed by atoms with E-state index < -0.39 is 23.3 Å². The van der Waals surface area contributed by atoms with Crippen molar-refractivity contribution in [2.45, 2.75) is 6.18 Å². The molecule has 3 rings (SSSR count). The summed E-state index contributed by atoms with van der Waals surface area (Å²) in [6, 6.07) is 9.94. The summed E-state index contributed by atoms with van der Waals surface area (Å²) in [5.74, 6) is -0.528. The Morgan fingerprint density at radius 3 is 2.38 bits per heavy atom. The summed E-state index contributed by atoms with van der Waals surface area (Å²) in [7, 11) is 1.46. The Bertz CT molecular complexity index is 1020. The molecule has 0 fully saturated rings. The molecule has 0 aliphatic rings. The van der Waals surface area contributed by atoms with Crippen LogP contribution in [0.2, 0.25) is 0 Å². The molecule has 0 aliphatic carbocycles. The van der Waals surface area contributed by atoms with Gasteiger partial charge < -0.3 is 14.5 Å². The van der Waals surface area contributed by atoms with Gasteiger partial charge in [-0.1, -0.05) is 0 Å². The Hall–Kier alpha value is -3.29. The Morgan fingerprint density at radius 1 is 1.08 bits per heavy atom. The first kappa shape index (κ1) is 17.5. The van der Waals surface area contributed by atoms with E-state index in [0.717, 1.165) is 24.3 Å². The van der Waals surface area contributed by atoms with E-state index in [1.165, 1.54) is 19.2 Å². The maximum Gasteiger partial charge on any atom is 0.416 e. The molecule has 1 aromatic heterocycles. The molecule has 3 aromatic rings. The number of halogens is 3. The van der Waals surface area contributed by atoms with Crippen LogP contribution in [0.1, 0.15) is 16.1 Å². The van der Waals surface area contributed by atoms with Gasteiger partial charge in [-0.2, -0.15) is 13.2 Å². The van der Waals surface area contributed by atoms with Crippen molar-refractivity contribution in [3.05, 3.63) is 70.3 Å². The van der Waals surface area contributed by atoms with E-state index in [1.807, 2.05) is 0 Å². The summed E-state index contributed by atoms with van der Waals surface area (Å²) in [5, 5.41) is 3.10. The van der Waals surface area contributed by atoms with Crippen molar-refractivity contribution in [1.29, 1.82) is 0 Å². The predicted octanol–water partition coefficient (Wildman–Crippen LogP) is 4.07. The molecule has 5 nitrogen and oxygen atoms in total. The average molecular weight is 363 g/mol. The van der Waals surface area contributed by atoms with Crippen molar-refractivity contribution >= 4 is 22.4 Å². The van der Waals surface area contributed by atoms with E-state index in [2.05, 4.69) is 5.32 Å². The molecule has 1 amide bonds. The monoisotopic (exact) mass is 363 g/mol. The smallest absolute Gasteiger partial charge is 0.416 e. The fourth-order valence-corrected chi connectivity index (χ4v) is 2.35. The zero-order chi connectivity index (χ0) is 18.9. The van der Waals surface area contributed by atoms with Crippen molar-refractivity contribution in [2.75, 3.05) is 12.4 Å². The first-order chi connectivity index (χ1) is 12.3. The van der Waals surface area contributed by atoms with Gasteiger partial charge in [0.15, 0.2) is 5.76 Å². The number of fused-ring (bicyclic) bond motifs is 1. The zero-order valence-corrected chi connectivity index (χ0v) is 13.4. The molecule has 1 N–H and O–H groups in total. The molecule has 0 radical (unpaired) electrons. The number of rotatable bonds is 3. The van der Waals surface area contributed by atoms with Gasteiger partial charge in [-0.05, 0) is 53.9 Å². The number of benzene rings is 2. The van der Waals surface area contributed by atoms with Crippen molar-refractivity contribution in [3.8, 4) is 5.75 Å². The van der Waals surface area contributed by atoms with Gasteiger partial charge in [0.2, 0.25) is 0 Å². The van der Waals surface area contributed by atoms with E-state index in [-0.39, 0.29) is 16.8 Å². The van der Waals surface area contributed by atoms with Gasteiger partial charge in [0.1, 0.15) is 5.75 Å². The third kappa shape index (κ3) is 3.53. The number of nitrogens with one attached hydrogen (secondary N) is 1. The molecule has 0 aliphatic heterocycles. The Kier molecular flexibility index (Phi) is 4.41. The SMILES string of the molecule is COc1ccc2c(=O)oc(C(=O)Nc3ccc(C(F)(F)F)cc3)cc2c1. The molecule has 0 unspecified atom stereocenters. The predicted molar refractivity (Wildman–Crippen MR) is 88.4 cm³/mol. The summed E-state index contributed by atoms with van der Waals surface area (Å²) in [5.41, 5.74) is -1.40. The molecule has 0 saturated carbocycles. The Morgan fingerprint density at radius 2 is 1.77 bits per heavy atom. The molecule has 26 heavy (non-hydrogen) atoms. The first-order valence-corrected chi connectivity index (χ1v) is 7.38. The summed E-state index contributed by atoms with van der Waals surface area (Å²) in [6.07, 6.45) is -4.47. The van der Waals surface area contributed by atoms with Crippen LogP contribution in [0.4, 0.5) is 18.9 Å². The van der Waals surface area contributed by atoms with Gasteiger partial charge in [-0.3, -0.25) is 4.79 Å². The van der Waals surface area contributed by atoms with Gasteiger partial charge >= 0.3 is 11.8 Å². The number of ether oxygens (including phenoxy) is 1. The number of anilines is 1. The molecule has 2 aromatic carbocycles. The molecule has 0 bridgehead atoms. The Labute approximate surface area is 145 Å². The number of methoxy groups -OCH3 is 1. The topological polar surface area (TPSA) is 68.5 Å². The second-order valence-electron chi connectivity index (χ2n) is 5.38. The highest BCUT2D eigenvalue weighted by atomic mass is 19.4. The van der Waals surface area contributed by atoms with Crippen LogP contribution in [0.5, 0.6) is 5.75 Å². The lowest BCUT2D eigenvalue weighted by atomic mass is 10.1. The number of hydrogen-bond acceptors (Lipinski definition) is 4. The van der Waals surface area contributed by atoms with Crippen LogP contribution < -0.4 is 15.7 Å². The van der Waals surface area contributed by atoms with Crippen molar-refractivity contribution in [3.63, 3.8) is 0 Å². The standard InChI is InChI=1S/C18H12F3NO4/c1-25-13-6-7-14-10(8-13)9-15(26-17(14)24)16(23)22-12-4-2-11(3-5-12)18(19,20)21/h2-9H,1H3,(H,22,23). The molecule has 0 atom stereocenters. The van der Waals surface area contributed by atoms with Crippen LogP contribution >= 0.6 is 0 Å². The summed E-state index contributed by atoms with van der Waals surface area (Å²) in [6.45, 7) is 0. The van der Waals surface area contributed by atoms with Crippen LogP contribution in [0.15, 0.2) is 57.7 Å². The van der Waals surface area contributed by atoms with E-state index in [9.17, 15) is 22.8 Å². The normalized spacial score (nSPS) is 11.4. The van der Waals surface area contributed by atoms with E-state index >= 15 is 0 Å². The fraction of sp³-hybridized carbons (Fsp3) is 0.111. The summed E-state index contributed by atoms with van der Waals surface area (Å²) in [4.78, 5) is 24.2. The maximum absolute atomic E-state index is 12.6. The fourth-order valence-electron chi connectivity index (χ4n) is 2.35. The molecular weight excluding hydrogens is 351 g/mol. The van der Waals surface area contributed by atoms with E-state index in [0.29, 0.717) is 11.1 Å². The van der Waals surface area contributed by atoms with Crippen LogP contribution in [0.25, 0.3) is 10.8 Å². The minimum absolute atomic E-state index is 0.136. The largest absolute Gasteiger partial charge is 0.497 e. The summed E-state index contributed by atoms with van der Waals surface area (Å²) < 4.78 is 47.7. The molecule has 0 spiro atoms. The van der Waals surface area contributed by atoms with Gasteiger partial charge in [-0.15, -0.1) is 0 Å². The zero-order valence-electron chi connectivity index (χ0n) is 13.4. The molecule has 134 valence electrons. The number of hydrogen-bond donors (Lipinski definition) is 1. The number of amides is 1. The van der Waals surface area contributed by atoms with E-state index in [1.54, 1.807) is 12.1 Å². The third-order valence-electron chi connectivity index (χ3n) is 3.66. The number of carbonyl (C=O) groups excluding carboxylic acids is 1. The van der Waals surface area contributed by atoms with Crippen LogP contribution in [0.3, 0.4) is 0 Å². The molecular formula is C18H12F3NO4. The van der Waals surface area contributed by atoms with Gasteiger partial charge in [0, 0.05) is 5.69 Å². The second kappa shape index (κ2) is 6.55. The quantitative estimate of drug-likeness (QED) is 0.762. The first-order valence-electron chi connectivity index (χ1n) is 7.38. The number of alkyl halides is 3. The van der Waals surface area contributed by atoms with Gasteiger partial charge in [0.05, 0.1) is 18.1 Å². The minimum Gasteiger partial charge on any atom is -0.497 e.